The first-order valence-corrected chi connectivity index (χ1v) is 12.3. The number of ether oxygens (including phenoxy) is 1. The largest absolute Gasteiger partial charge is 0.446 e. The van der Waals surface area contributed by atoms with Crippen LogP contribution in [0.15, 0.2) is 72.8 Å². The third kappa shape index (κ3) is 7.16. The van der Waals surface area contributed by atoms with Crippen molar-refractivity contribution in [3.8, 4) is 10.4 Å². The highest BCUT2D eigenvalue weighted by Gasteiger charge is 2.30. The molecule has 2 heterocycles. The number of nitrogens with two attached hydrogens (primary N) is 1. The summed E-state index contributed by atoms with van der Waals surface area (Å²) in [5.41, 5.74) is 8.20. The van der Waals surface area contributed by atoms with Crippen molar-refractivity contribution < 1.29 is 14.6 Å². The quantitative estimate of drug-likeness (QED) is 0.437. The molecule has 3 unspecified atom stereocenters. The molecule has 33 heavy (non-hydrogen) atoms. The van der Waals surface area contributed by atoms with E-state index in [-0.39, 0.29) is 30.9 Å². The van der Waals surface area contributed by atoms with Crippen LogP contribution in [0, 0.1) is 0 Å². The van der Waals surface area contributed by atoms with E-state index in [0.717, 1.165) is 24.0 Å². The number of hydrogen-bond acceptors (Lipinski definition) is 5. The Balaban J connectivity index is 0.000000442. The summed E-state index contributed by atoms with van der Waals surface area (Å²) in [5, 5.41) is 8.93. The van der Waals surface area contributed by atoms with Gasteiger partial charge < -0.3 is 20.5 Å². The number of aliphatic hydroxyl groups excluding tert-OH is 1. The number of aliphatic hydroxyl groups is 1. The molecule has 0 spiro atoms. The molecular weight excluding hydrogens is 432 g/mol. The van der Waals surface area contributed by atoms with Crippen molar-refractivity contribution in [1.82, 2.24) is 4.90 Å². The molecule has 1 fully saturated rings. The first-order valence-electron chi connectivity index (χ1n) is 11.5. The van der Waals surface area contributed by atoms with E-state index in [2.05, 4.69) is 36.4 Å². The Morgan fingerprint density at radius 3 is 2.21 bits per heavy atom. The number of amides is 1. The first-order chi connectivity index (χ1) is 16.0. The van der Waals surface area contributed by atoms with Gasteiger partial charge in [0.2, 0.25) is 0 Å². The fourth-order valence-electron chi connectivity index (χ4n) is 3.76. The molecule has 1 aromatic heterocycles. The second-order valence-corrected chi connectivity index (χ2v) is 9.41. The Morgan fingerprint density at radius 2 is 1.70 bits per heavy atom. The van der Waals surface area contributed by atoms with E-state index in [1.807, 2.05) is 50.2 Å². The van der Waals surface area contributed by atoms with Gasteiger partial charge in [-0.05, 0) is 49.9 Å². The van der Waals surface area contributed by atoms with E-state index in [0.29, 0.717) is 13.0 Å². The summed E-state index contributed by atoms with van der Waals surface area (Å²) >= 11 is 1.72. The van der Waals surface area contributed by atoms with E-state index >= 15 is 0 Å². The van der Waals surface area contributed by atoms with E-state index in [1.54, 1.807) is 16.2 Å². The number of thiophene rings is 1. The summed E-state index contributed by atoms with van der Waals surface area (Å²) in [4.78, 5) is 16.5. The minimum Gasteiger partial charge on any atom is -0.446 e. The van der Waals surface area contributed by atoms with Crippen LogP contribution in [0.3, 0.4) is 0 Å². The smallest absolute Gasteiger partial charge is 0.410 e. The molecule has 1 aliphatic rings. The van der Waals surface area contributed by atoms with Gasteiger partial charge in [-0.2, -0.15) is 0 Å². The fraction of sp³-hybridized carbons (Fsp3) is 0.370. The second kappa shape index (κ2) is 12.5. The molecule has 3 atom stereocenters. The van der Waals surface area contributed by atoms with Crippen LogP contribution in [0.1, 0.15) is 55.6 Å². The van der Waals surface area contributed by atoms with Gasteiger partial charge in [-0.25, -0.2) is 4.79 Å². The van der Waals surface area contributed by atoms with E-state index in [9.17, 15) is 4.79 Å². The maximum Gasteiger partial charge on any atom is 0.410 e. The van der Waals surface area contributed by atoms with Gasteiger partial charge in [0.25, 0.3) is 0 Å². The number of nitrogens with zero attached hydrogens (tertiary/aromatic N) is 1. The van der Waals surface area contributed by atoms with Crippen LogP contribution in [-0.4, -0.2) is 35.4 Å². The minimum absolute atomic E-state index is 0.0340. The molecule has 1 aliphatic heterocycles. The van der Waals surface area contributed by atoms with Crippen LogP contribution in [0.25, 0.3) is 10.4 Å². The average molecular weight is 467 g/mol. The van der Waals surface area contributed by atoms with Gasteiger partial charge in [0.05, 0.1) is 6.04 Å². The molecular formula is C27H34N2O3S. The Hall–Kier alpha value is -2.67. The van der Waals surface area contributed by atoms with Gasteiger partial charge in [0.15, 0.2) is 0 Å². The molecule has 0 bridgehead atoms. The summed E-state index contributed by atoms with van der Waals surface area (Å²) in [6, 6.07) is 24.6. The molecule has 2 aromatic carbocycles. The molecule has 176 valence electrons. The Morgan fingerprint density at radius 1 is 1.06 bits per heavy atom. The zero-order valence-electron chi connectivity index (χ0n) is 19.4. The molecule has 3 aromatic rings. The van der Waals surface area contributed by atoms with Crippen molar-refractivity contribution in [1.29, 1.82) is 0 Å². The van der Waals surface area contributed by atoms with Crippen LogP contribution in [0.4, 0.5) is 4.79 Å². The Bertz CT molecular complexity index is 946. The van der Waals surface area contributed by atoms with Crippen LogP contribution in [0.2, 0.25) is 0 Å². The molecule has 0 aliphatic carbocycles. The summed E-state index contributed by atoms with van der Waals surface area (Å²) in [7, 11) is 0. The second-order valence-electron chi connectivity index (χ2n) is 8.30. The highest BCUT2D eigenvalue weighted by molar-refractivity contribution is 7.15. The number of carbonyl (C=O) groups is 1. The molecule has 0 radical (unpaired) electrons. The zero-order valence-corrected chi connectivity index (χ0v) is 20.2. The lowest BCUT2D eigenvalue weighted by Gasteiger charge is -2.35. The maximum atomic E-state index is 12.4. The van der Waals surface area contributed by atoms with Gasteiger partial charge in [-0.15, -0.1) is 11.3 Å². The molecule has 1 amide bonds. The van der Waals surface area contributed by atoms with Crippen molar-refractivity contribution in [2.24, 2.45) is 5.73 Å². The lowest BCUT2D eigenvalue weighted by atomic mass is 10.0. The number of rotatable bonds is 7. The SMILES string of the molecule is CC(N)c1ccc(-c2ccc(C(C)N3CCC(CCCO)OC3=O)cc2)s1.c1ccccc1. The highest BCUT2D eigenvalue weighted by Crippen LogP contribution is 2.32. The van der Waals surface area contributed by atoms with Crippen molar-refractivity contribution >= 4 is 17.4 Å². The van der Waals surface area contributed by atoms with Gasteiger partial charge in [-0.3, -0.25) is 0 Å². The lowest BCUT2D eigenvalue weighted by Crippen LogP contribution is -2.43. The molecule has 4 rings (SSSR count). The predicted molar refractivity (Wildman–Crippen MR) is 135 cm³/mol. The Kier molecular flexibility index (Phi) is 9.48. The fourth-order valence-corrected chi connectivity index (χ4v) is 4.73. The monoisotopic (exact) mass is 466 g/mol. The number of benzene rings is 2. The zero-order chi connectivity index (χ0) is 23.6. The number of carbonyl (C=O) groups excluding carboxylic acids is 1. The third-order valence-corrected chi connectivity index (χ3v) is 7.10. The molecule has 5 nitrogen and oxygen atoms in total. The molecule has 3 N–H and O–H groups in total. The van der Waals surface area contributed by atoms with Gasteiger partial charge in [0.1, 0.15) is 6.10 Å². The van der Waals surface area contributed by atoms with Crippen molar-refractivity contribution in [3.05, 3.63) is 83.2 Å². The minimum atomic E-state index is -0.263. The standard InChI is InChI=1S/C21H28N2O3S.C6H6/c1-14(22)19-9-10-20(27-19)17-7-5-16(6-8-17)15(2)23-12-11-18(4-3-13-24)26-21(23)25;1-2-4-6-5-3-1/h5-10,14-15,18,24H,3-4,11-13,22H2,1-2H3;1-6H. The van der Waals surface area contributed by atoms with E-state index in [1.165, 1.54) is 9.75 Å². The van der Waals surface area contributed by atoms with Crippen molar-refractivity contribution in [3.63, 3.8) is 0 Å². The summed E-state index contributed by atoms with van der Waals surface area (Å²) < 4.78 is 5.53. The van der Waals surface area contributed by atoms with E-state index < -0.39 is 0 Å². The third-order valence-electron chi connectivity index (χ3n) is 5.77. The summed E-state index contributed by atoms with van der Waals surface area (Å²) in [6.07, 6.45) is 1.86. The predicted octanol–water partition coefficient (Wildman–Crippen LogP) is 6.17. The lowest BCUT2D eigenvalue weighted by molar-refractivity contribution is 0.00760. The average Bonchev–Trinajstić information content (AvgIpc) is 3.35. The van der Waals surface area contributed by atoms with Crippen LogP contribution in [0.5, 0.6) is 0 Å². The van der Waals surface area contributed by atoms with E-state index in [4.69, 9.17) is 15.6 Å². The number of cyclic esters (lactones) is 1. The van der Waals surface area contributed by atoms with Crippen LogP contribution in [-0.2, 0) is 4.74 Å². The number of hydrogen-bond donors (Lipinski definition) is 2. The molecule has 0 saturated carbocycles. The maximum absolute atomic E-state index is 12.4. The topological polar surface area (TPSA) is 75.8 Å². The normalized spacial score (nSPS) is 17.5. The summed E-state index contributed by atoms with van der Waals surface area (Å²) in [6.45, 7) is 4.84. The molecule has 1 saturated heterocycles. The van der Waals surface area contributed by atoms with Crippen molar-refractivity contribution in [2.45, 2.75) is 51.3 Å². The Labute approximate surface area is 200 Å². The van der Waals surface area contributed by atoms with Crippen molar-refractivity contribution in [2.75, 3.05) is 13.2 Å². The van der Waals surface area contributed by atoms with Gasteiger partial charge >= 0.3 is 6.09 Å². The summed E-state index contributed by atoms with van der Waals surface area (Å²) in [5.74, 6) is 0. The highest BCUT2D eigenvalue weighted by atomic mass is 32.1. The van der Waals surface area contributed by atoms with Gasteiger partial charge in [-0.1, -0.05) is 60.7 Å². The van der Waals surface area contributed by atoms with Gasteiger partial charge in [0, 0.05) is 35.4 Å². The van der Waals surface area contributed by atoms with Crippen LogP contribution < -0.4 is 5.73 Å². The first kappa shape index (κ1) is 25.0. The molecule has 6 heteroatoms. The van der Waals surface area contributed by atoms with Crippen LogP contribution >= 0.6 is 11.3 Å².